The van der Waals surface area contributed by atoms with Gasteiger partial charge in [-0.25, -0.2) is 0 Å². The van der Waals surface area contributed by atoms with E-state index in [9.17, 15) is 0 Å². The molecule has 1 nitrogen and oxygen atoms in total. The van der Waals surface area contributed by atoms with E-state index in [4.69, 9.17) is 0 Å². The quantitative estimate of drug-likeness (QED) is 0.697. The van der Waals surface area contributed by atoms with Crippen LogP contribution in [-0.2, 0) is 12.8 Å². The molecule has 0 saturated carbocycles. The summed E-state index contributed by atoms with van der Waals surface area (Å²) < 4.78 is 0. The Morgan fingerprint density at radius 3 is 2.43 bits per heavy atom. The van der Waals surface area contributed by atoms with E-state index in [1.54, 1.807) is 11.1 Å². The van der Waals surface area contributed by atoms with Crippen molar-refractivity contribution in [2.45, 2.75) is 24.1 Å². The second kappa shape index (κ2) is 3.28. The van der Waals surface area contributed by atoms with Crippen LogP contribution in [0.25, 0.3) is 0 Å². The van der Waals surface area contributed by atoms with Gasteiger partial charge in [-0.05, 0) is 29.8 Å². The lowest BCUT2D eigenvalue weighted by Crippen LogP contribution is -2.46. The predicted molar refractivity (Wildman–Crippen MR) is 61.7 cm³/mol. The summed E-state index contributed by atoms with van der Waals surface area (Å²) in [5.74, 6) is 1.32. The molecule has 1 fully saturated rings. The average Bonchev–Trinajstić information content (AvgIpc) is 2.56. The van der Waals surface area contributed by atoms with Crippen molar-refractivity contribution in [3.63, 3.8) is 0 Å². The minimum atomic E-state index is 0.349. The molecular weight excluding hydrogens is 190 g/mol. The zero-order valence-electron chi connectivity index (χ0n) is 8.25. The van der Waals surface area contributed by atoms with Crippen molar-refractivity contribution in [2.24, 2.45) is 0 Å². The first kappa shape index (κ1) is 8.81. The number of thioether (sulfide) groups is 1. The lowest BCUT2D eigenvalue weighted by Gasteiger charge is -2.34. The monoisotopic (exact) mass is 205 g/mol. The number of hydrogen-bond acceptors (Lipinski definition) is 2. The Balaban J connectivity index is 1.89. The number of rotatable bonds is 0. The molecule has 1 aliphatic carbocycles. The summed E-state index contributed by atoms with van der Waals surface area (Å²) in [6.07, 6.45) is 3.75. The Labute approximate surface area is 89.3 Å². The zero-order chi connectivity index (χ0) is 9.43. The van der Waals surface area contributed by atoms with Crippen LogP contribution in [0.15, 0.2) is 24.3 Å². The fourth-order valence-corrected chi connectivity index (χ4v) is 3.91. The highest BCUT2D eigenvalue weighted by molar-refractivity contribution is 8.00. The predicted octanol–water partition coefficient (Wildman–Crippen LogP) is 2.21. The van der Waals surface area contributed by atoms with Gasteiger partial charge < -0.3 is 5.32 Å². The molecule has 0 bridgehead atoms. The Kier molecular flexibility index (Phi) is 2.06. The van der Waals surface area contributed by atoms with Gasteiger partial charge in [0.15, 0.2) is 0 Å². The normalized spacial score (nSPS) is 23.7. The number of nitrogens with one attached hydrogen (secondary N) is 1. The van der Waals surface area contributed by atoms with Crippen molar-refractivity contribution >= 4 is 11.8 Å². The fraction of sp³-hybridized carbons (Fsp3) is 0.500. The molecule has 1 heterocycles. The van der Waals surface area contributed by atoms with Gasteiger partial charge in [0.25, 0.3) is 0 Å². The van der Waals surface area contributed by atoms with Gasteiger partial charge in [0.2, 0.25) is 0 Å². The summed E-state index contributed by atoms with van der Waals surface area (Å²) in [7, 11) is 0. The van der Waals surface area contributed by atoms with Crippen LogP contribution >= 0.6 is 11.8 Å². The smallest absolute Gasteiger partial charge is 0.0726 e. The number of benzene rings is 1. The van der Waals surface area contributed by atoms with Gasteiger partial charge in [0.05, 0.1) is 4.87 Å². The summed E-state index contributed by atoms with van der Waals surface area (Å²) in [5.41, 5.74) is 3.10. The third-order valence-electron chi connectivity index (χ3n) is 3.22. The van der Waals surface area contributed by atoms with E-state index in [-0.39, 0.29) is 0 Å². The Bertz CT molecular complexity index is 315. The van der Waals surface area contributed by atoms with Gasteiger partial charge in [-0.15, -0.1) is 11.8 Å². The lowest BCUT2D eigenvalue weighted by atomic mass is 10.1. The molecule has 1 aromatic rings. The molecule has 1 N–H and O–H groups in total. The molecule has 1 aliphatic heterocycles. The van der Waals surface area contributed by atoms with Gasteiger partial charge in [0.1, 0.15) is 0 Å². The molecular formula is C12H15NS. The molecule has 0 aromatic heterocycles. The van der Waals surface area contributed by atoms with Crippen LogP contribution in [0.4, 0.5) is 0 Å². The molecule has 2 aliphatic rings. The summed E-state index contributed by atoms with van der Waals surface area (Å²) >= 11 is 2.12. The van der Waals surface area contributed by atoms with Gasteiger partial charge >= 0.3 is 0 Å². The van der Waals surface area contributed by atoms with Crippen LogP contribution in [0, 0.1) is 0 Å². The molecule has 0 amide bonds. The lowest BCUT2D eigenvalue weighted by molar-refractivity contribution is 0.471. The Hall–Kier alpha value is -0.470. The molecule has 74 valence electrons. The van der Waals surface area contributed by atoms with E-state index in [1.807, 2.05) is 0 Å². The number of hydrogen-bond donors (Lipinski definition) is 1. The maximum absolute atomic E-state index is 3.70. The van der Waals surface area contributed by atoms with Crippen LogP contribution in [0.2, 0.25) is 0 Å². The van der Waals surface area contributed by atoms with E-state index in [1.165, 1.54) is 31.6 Å². The molecule has 0 radical (unpaired) electrons. The molecule has 2 heteroatoms. The van der Waals surface area contributed by atoms with Crippen molar-refractivity contribution in [3.8, 4) is 0 Å². The van der Waals surface area contributed by atoms with E-state index >= 15 is 0 Å². The van der Waals surface area contributed by atoms with Crippen LogP contribution in [0.1, 0.15) is 17.5 Å². The maximum Gasteiger partial charge on any atom is 0.0726 e. The van der Waals surface area contributed by atoms with Crippen molar-refractivity contribution in [2.75, 3.05) is 12.3 Å². The molecule has 1 saturated heterocycles. The highest BCUT2D eigenvalue weighted by atomic mass is 32.2. The topological polar surface area (TPSA) is 12.0 Å². The van der Waals surface area contributed by atoms with Gasteiger partial charge in [-0.2, -0.15) is 0 Å². The standard InChI is InChI=1S/C12H15NS/c1-2-5-11-9-12(8-10(11)4-1)13-6-3-7-14-12/h1-2,4-5,13H,3,6-9H2. The van der Waals surface area contributed by atoms with Crippen LogP contribution in [0.5, 0.6) is 0 Å². The van der Waals surface area contributed by atoms with Crippen molar-refractivity contribution < 1.29 is 0 Å². The van der Waals surface area contributed by atoms with E-state index in [0.29, 0.717) is 4.87 Å². The first-order valence-electron chi connectivity index (χ1n) is 5.34. The first-order valence-corrected chi connectivity index (χ1v) is 6.32. The molecule has 14 heavy (non-hydrogen) atoms. The fourth-order valence-electron chi connectivity index (χ4n) is 2.51. The highest BCUT2D eigenvalue weighted by Crippen LogP contribution is 2.39. The average molecular weight is 205 g/mol. The number of fused-ring (bicyclic) bond motifs is 1. The minimum absolute atomic E-state index is 0.349. The van der Waals surface area contributed by atoms with Crippen molar-refractivity contribution in [3.05, 3.63) is 35.4 Å². The molecule has 0 atom stereocenters. The maximum atomic E-state index is 3.70. The SMILES string of the molecule is c1ccc2c(c1)CC1(C2)NCCCS1. The van der Waals surface area contributed by atoms with E-state index in [2.05, 4.69) is 41.3 Å². The van der Waals surface area contributed by atoms with E-state index in [0.717, 1.165) is 0 Å². The third kappa shape index (κ3) is 1.37. The van der Waals surface area contributed by atoms with Crippen LogP contribution in [-0.4, -0.2) is 17.2 Å². The molecule has 3 rings (SSSR count). The Morgan fingerprint density at radius 2 is 1.86 bits per heavy atom. The minimum Gasteiger partial charge on any atom is -0.302 e. The van der Waals surface area contributed by atoms with Crippen molar-refractivity contribution in [1.82, 2.24) is 5.32 Å². The largest absolute Gasteiger partial charge is 0.302 e. The third-order valence-corrected chi connectivity index (χ3v) is 4.70. The van der Waals surface area contributed by atoms with E-state index < -0.39 is 0 Å². The molecule has 1 spiro atoms. The molecule has 1 aromatic carbocycles. The summed E-state index contributed by atoms with van der Waals surface area (Å²) in [5, 5.41) is 3.70. The second-order valence-corrected chi connectivity index (χ2v) is 5.72. The first-order chi connectivity index (χ1) is 6.88. The molecule has 0 unspecified atom stereocenters. The second-order valence-electron chi connectivity index (χ2n) is 4.25. The summed E-state index contributed by atoms with van der Waals surface area (Å²) in [4.78, 5) is 0.349. The van der Waals surface area contributed by atoms with Crippen molar-refractivity contribution in [1.29, 1.82) is 0 Å². The highest BCUT2D eigenvalue weighted by Gasteiger charge is 2.38. The van der Waals surface area contributed by atoms with Crippen LogP contribution < -0.4 is 5.32 Å². The summed E-state index contributed by atoms with van der Waals surface area (Å²) in [6, 6.07) is 8.87. The Morgan fingerprint density at radius 1 is 1.14 bits per heavy atom. The van der Waals surface area contributed by atoms with Gasteiger partial charge in [-0.1, -0.05) is 24.3 Å². The summed E-state index contributed by atoms with van der Waals surface area (Å²) in [6.45, 7) is 1.20. The zero-order valence-corrected chi connectivity index (χ0v) is 9.07. The van der Waals surface area contributed by atoms with Crippen LogP contribution in [0.3, 0.4) is 0 Å². The van der Waals surface area contributed by atoms with Gasteiger partial charge in [0, 0.05) is 12.8 Å². The van der Waals surface area contributed by atoms with Gasteiger partial charge in [-0.3, -0.25) is 0 Å².